The molecule has 1 saturated heterocycles. The first-order chi connectivity index (χ1) is 12.8. The molecule has 0 radical (unpaired) electrons. The fourth-order valence-corrected chi connectivity index (χ4v) is 4.71. The largest absolute Gasteiger partial charge is 0.423 e. The van der Waals surface area contributed by atoms with Crippen LogP contribution in [0.3, 0.4) is 0 Å². The molecular weight excluding hydrogens is 390 g/mol. The van der Waals surface area contributed by atoms with E-state index in [0.29, 0.717) is 23.9 Å². The number of halogens is 1. The molecule has 144 valence electrons. The molecule has 8 heteroatoms. The summed E-state index contributed by atoms with van der Waals surface area (Å²) in [5, 5.41) is 0.454. The molecule has 0 N–H and O–H groups in total. The minimum Gasteiger partial charge on any atom is -0.423 e. The standard InChI is InChI=1S/C19H20ClNO5S/c1-13-11-21(12-14(2)25-13)27(23,24)18-8-6-15(7-9-18)19(22)26-17-5-3-4-16(20)10-17/h3-10,13-14H,11-12H2,1-2H3/t13-,14+. The summed E-state index contributed by atoms with van der Waals surface area (Å²) in [6.07, 6.45) is -0.342. The molecule has 3 rings (SSSR count). The highest BCUT2D eigenvalue weighted by atomic mass is 35.5. The number of ether oxygens (including phenoxy) is 2. The topological polar surface area (TPSA) is 72.9 Å². The lowest BCUT2D eigenvalue weighted by atomic mass is 10.2. The van der Waals surface area contributed by atoms with Gasteiger partial charge in [0, 0.05) is 18.1 Å². The molecule has 0 bridgehead atoms. The van der Waals surface area contributed by atoms with Gasteiger partial charge in [0.1, 0.15) is 5.75 Å². The molecule has 0 aliphatic carbocycles. The van der Waals surface area contributed by atoms with Crippen LogP contribution in [0.1, 0.15) is 24.2 Å². The molecule has 0 saturated carbocycles. The predicted octanol–water partition coefficient (Wildman–Crippen LogP) is 3.36. The van der Waals surface area contributed by atoms with Crippen molar-refractivity contribution >= 4 is 27.6 Å². The van der Waals surface area contributed by atoms with Crippen molar-refractivity contribution in [3.63, 3.8) is 0 Å². The van der Waals surface area contributed by atoms with Crippen molar-refractivity contribution in [2.45, 2.75) is 31.0 Å². The molecule has 2 aromatic carbocycles. The summed E-state index contributed by atoms with van der Waals surface area (Å²) in [6, 6.07) is 12.2. The van der Waals surface area contributed by atoms with Crippen LogP contribution in [0.15, 0.2) is 53.4 Å². The molecule has 27 heavy (non-hydrogen) atoms. The predicted molar refractivity (Wildman–Crippen MR) is 102 cm³/mol. The third kappa shape index (κ3) is 4.68. The number of nitrogens with zero attached hydrogens (tertiary/aromatic N) is 1. The zero-order valence-electron chi connectivity index (χ0n) is 15.0. The van der Waals surface area contributed by atoms with E-state index in [0.717, 1.165) is 0 Å². The Kier molecular flexibility index (Phi) is 5.86. The van der Waals surface area contributed by atoms with E-state index in [-0.39, 0.29) is 22.7 Å². The summed E-state index contributed by atoms with van der Waals surface area (Å²) in [7, 11) is -3.65. The van der Waals surface area contributed by atoms with E-state index in [9.17, 15) is 13.2 Å². The van der Waals surface area contributed by atoms with E-state index in [1.54, 1.807) is 18.2 Å². The van der Waals surface area contributed by atoms with Gasteiger partial charge >= 0.3 is 5.97 Å². The minimum absolute atomic E-state index is 0.128. The summed E-state index contributed by atoms with van der Waals surface area (Å²) in [6.45, 7) is 4.27. The number of carbonyl (C=O) groups excluding carboxylic acids is 1. The fourth-order valence-electron chi connectivity index (χ4n) is 2.94. The SMILES string of the molecule is C[C@@H]1CN(S(=O)(=O)c2ccc(C(=O)Oc3cccc(Cl)c3)cc2)C[C@H](C)O1. The van der Waals surface area contributed by atoms with Crippen LogP contribution in [0.4, 0.5) is 0 Å². The summed E-state index contributed by atoms with van der Waals surface area (Å²) in [5.41, 5.74) is 0.248. The highest BCUT2D eigenvalue weighted by Crippen LogP contribution is 2.22. The first-order valence-electron chi connectivity index (χ1n) is 8.49. The van der Waals surface area contributed by atoms with Gasteiger partial charge < -0.3 is 9.47 Å². The average Bonchev–Trinajstić information content (AvgIpc) is 2.61. The maximum atomic E-state index is 12.8. The normalized spacial score (nSPS) is 21.0. The van der Waals surface area contributed by atoms with Crippen LogP contribution >= 0.6 is 11.6 Å². The highest BCUT2D eigenvalue weighted by molar-refractivity contribution is 7.89. The van der Waals surface area contributed by atoms with E-state index in [2.05, 4.69) is 0 Å². The number of esters is 1. The van der Waals surface area contributed by atoms with Crippen LogP contribution in [0.25, 0.3) is 0 Å². The average molecular weight is 410 g/mol. The Morgan fingerprint density at radius 1 is 1.11 bits per heavy atom. The second-order valence-electron chi connectivity index (χ2n) is 6.45. The van der Waals surface area contributed by atoms with Gasteiger partial charge in [0.15, 0.2) is 0 Å². The van der Waals surface area contributed by atoms with Crippen molar-refractivity contribution in [2.24, 2.45) is 0 Å². The summed E-state index contributed by atoms with van der Waals surface area (Å²) in [5.74, 6) is -0.268. The van der Waals surface area contributed by atoms with Gasteiger partial charge in [-0.2, -0.15) is 4.31 Å². The summed E-state index contributed by atoms with van der Waals surface area (Å²) < 4.78 is 37.9. The highest BCUT2D eigenvalue weighted by Gasteiger charge is 2.32. The molecule has 1 aliphatic heterocycles. The van der Waals surface area contributed by atoms with Gasteiger partial charge in [-0.3, -0.25) is 0 Å². The van der Waals surface area contributed by atoms with Crippen LogP contribution in [-0.2, 0) is 14.8 Å². The first-order valence-corrected chi connectivity index (χ1v) is 10.3. The third-order valence-electron chi connectivity index (χ3n) is 4.12. The van der Waals surface area contributed by atoms with Gasteiger partial charge in [0.05, 0.1) is 22.7 Å². The Balaban J connectivity index is 1.75. The van der Waals surface area contributed by atoms with Crippen molar-refractivity contribution < 1.29 is 22.7 Å². The zero-order chi connectivity index (χ0) is 19.6. The Labute approximate surface area is 163 Å². The van der Waals surface area contributed by atoms with E-state index in [1.165, 1.54) is 34.6 Å². The van der Waals surface area contributed by atoms with Gasteiger partial charge in [-0.15, -0.1) is 0 Å². The number of morpholine rings is 1. The second kappa shape index (κ2) is 7.98. The van der Waals surface area contributed by atoms with E-state index >= 15 is 0 Å². The lowest BCUT2D eigenvalue weighted by Gasteiger charge is -2.34. The van der Waals surface area contributed by atoms with Crippen LogP contribution in [-0.4, -0.2) is 44.0 Å². The van der Waals surface area contributed by atoms with Crippen LogP contribution in [0.5, 0.6) is 5.75 Å². The minimum atomic E-state index is -3.65. The van der Waals surface area contributed by atoms with E-state index < -0.39 is 16.0 Å². The molecule has 2 atom stereocenters. The Morgan fingerprint density at radius 2 is 1.74 bits per heavy atom. The van der Waals surface area contributed by atoms with Gasteiger partial charge in [-0.1, -0.05) is 17.7 Å². The fraction of sp³-hybridized carbons (Fsp3) is 0.316. The molecule has 0 spiro atoms. The molecule has 1 aliphatic rings. The number of carbonyl (C=O) groups is 1. The molecule has 0 amide bonds. The number of benzene rings is 2. The number of sulfonamides is 1. The quantitative estimate of drug-likeness (QED) is 0.572. The zero-order valence-corrected chi connectivity index (χ0v) is 16.5. The molecule has 1 heterocycles. The third-order valence-corrected chi connectivity index (χ3v) is 6.20. The van der Waals surface area contributed by atoms with Gasteiger partial charge in [-0.05, 0) is 56.3 Å². The van der Waals surface area contributed by atoms with Crippen molar-refractivity contribution in [1.29, 1.82) is 0 Å². The molecule has 0 aromatic heterocycles. The van der Waals surface area contributed by atoms with Gasteiger partial charge in [-0.25, -0.2) is 13.2 Å². The summed E-state index contributed by atoms with van der Waals surface area (Å²) >= 11 is 5.87. The number of rotatable bonds is 4. The lowest BCUT2D eigenvalue weighted by Crippen LogP contribution is -2.48. The van der Waals surface area contributed by atoms with Crippen molar-refractivity contribution in [3.05, 3.63) is 59.1 Å². The van der Waals surface area contributed by atoms with Crippen molar-refractivity contribution in [3.8, 4) is 5.75 Å². The van der Waals surface area contributed by atoms with E-state index in [1.807, 2.05) is 13.8 Å². The molecule has 6 nitrogen and oxygen atoms in total. The Morgan fingerprint density at radius 3 is 2.33 bits per heavy atom. The maximum Gasteiger partial charge on any atom is 0.343 e. The summed E-state index contributed by atoms with van der Waals surface area (Å²) in [4.78, 5) is 12.4. The van der Waals surface area contributed by atoms with Crippen molar-refractivity contribution in [1.82, 2.24) is 4.31 Å². The number of hydrogen-bond acceptors (Lipinski definition) is 5. The van der Waals surface area contributed by atoms with Crippen LogP contribution in [0, 0.1) is 0 Å². The van der Waals surface area contributed by atoms with Crippen molar-refractivity contribution in [2.75, 3.05) is 13.1 Å². The van der Waals surface area contributed by atoms with Gasteiger partial charge in [0.2, 0.25) is 10.0 Å². The van der Waals surface area contributed by atoms with Crippen LogP contribution < -0.4 is 4.74 Å². The Bertz CT molecular complexity index is 919. The molecule has 0 unspecified atom stereocenters. The first kappa shape index (κ1) is 19.8. The second-order valence-corrected chi connectivity index (χ2v) is 8.82. The van der Waals surface area contributed by atoms with E-state index in [4.69, 9.17) is 21.1 Å². The number of hydrogen-bond donors (Lipinski definition) is 0. The Hall–Kier alpha value is -1.93. The molecule has 2 aromatic rings. The monoisotopic (exact) mass is 409 g/mol. The van der Waals surface area contributed by atoms with Gasteiger partial charge in [0.25, 0.3) is 0 Å². The lowest BCUT2D eigenvalue weighted by molar-refractivity contribution is -0.0440. The molecule has 1 fully saturated rings. The smallest absolute Gasteiger partial charge is 0.343 e. The molecular formula is C19H20ClNO5S. The maximum absolute atomic E-state index is 12.8. The van der Waals surface area contributed by atoms with Crippen LogP contribution in [0.2, 0.25) is 5.02 Å².